The molecule has 6 nitrogen and oxygen atoms in total. The molecule has 1 aromatic rings. The third-order valence-corrected chi connectivity index (χ3v) is 3.03. The lowest BCUT2D eigenvalue weighted by atomic mass is 10.0. The van der Waals surface area contributed by atoms with Crippen molar-refractivity contribution in [1.82, 2.24) is 20.3 Å². The Hall–Kier alpha value is -1.43. The van der Waals surface area contributed by atoms with Crippen molar-refractivity contribution in [2.75, 3.05) is 20.2 Å². The average molecular weight is 238 g/mol. The fraction of sp³-hybridized carbons (Fsp3) is 0.727. The van der Waals surface area contributed by atoms with Gasteiger partial charge in [0, 0.05) is 6.54 Å². The molecule has 1 atom stereocenters. The van der Waals surface area contributed by atoms with Gasteiger partial charge in [0.15, 0.2) is 5.69 Å². The molecule has 1 fully saturated rings. The second kappa shape index (κ2) is 5.77. The summed E-state index contributed by atoms with van der Waals surface area (Å²) in [6.45, 7) is 2.91. The summed E-state index contributed by atoms with van der Waals surface area (Å²) in [7, 11) is 1.34. The second-order valence-electron chi connectivity index (χ2n) is 4.38. The van der Waals surface area contributed by atoms with Gasteiger partial charge in [-0.15, -0.1) is 5.10 Å². The molecule has 0 bridgehead atoms. The Morgan fingerprint density at radius 1 is 1.65 bits per heavy atom. The van der Waals surface area contributed by atoms with Gasteiger partial charge >= 0.3 is 5.97 Å². The van der Waals surface area contributed by atoms with E-state index in [4.69, 9.17) is 0 Å². The fourth-order valence-electron chi connectivity index (χ4n) is 2.10. The highest BCUT2D eigenvalue weighted by Crippen LogP contribution is 2.13. The summed E-state index contributed by atoms with van der Waals surface area (Å²) in [4.78, 5) is 11.2. The zero-order chi connectivity index (χ0) is 12.1. The van der Waals surface area contributed by atoms with Crippen LogP contribution in [-0.4, -0.2) is 41.2 Å². The van der Waals surface area contributed by atoms with Gasteiger partial charge in [0.1, 0.15) is 0 Å². The number of rotatable bonds is 3. The molecule has 1 aliphatic heterocycles. The van der Waals surface area contributed by atoms with Crippen molar-refractivity contribution in [2.24, 2.45) is 5.92 Å². The molecule has 6 heteroatoms. The van der Waals surface area contributed by atoms with E-state index in [-0.39, 0.29) is 5.69 Å². The fourth-order valence-corrected chi connectivity index (χ4v) is 2.10. The Balaban J connectivity index is 1.93. The molecule has 1 unspecified atom stereocenters. The summed E-state index contributed by atoms with van der Waals surface area (Å²) in [5, 5.41) is 11.1. The number of carbonyl (C=O) groups excluding carboxylic acids is 1. The number of aromatic nitrogens is 3. The van der Waals surface area contributed by atoms with Gasteiger partial charge in [-0.3, -0.25) is 4.68 Å². The molecule has 0 radical (unpaired) electrons. The van der Waals surface area contributed by atoms with Gasteiger partial charge in [0.25, 0.3) is 0 Å². The van der Waals surface area contributed by atoms with Gasteiger partial charge in [-0.05, 0) is 31.8 Å². The molecule has 94 valence electrons. The van der Waals surface area contributed by atoms with Crippen molar-refractivity contribution < 1.29 is 9.53 Å². The molecule has 0 spiro atoms. The molecule has 0 aliphatic carbocycles. The van der Waals surface area contributed by atoms with Crippen LogP contribution in [0.4, 0.5) is 0 Å². The molecule has 17 heavy (non-hydrogen) atoms. The minimum atomic E-state index is -0.435. The maximum atomic E-state index is 11.2. The lowest BCUT2D eigenvalue weighted by Gasteiger charge is -2.13. The lowest BCUT2D eigenvalue weighted by Crippen LogP contribution is -2.24. The van der Waals surface area contributed by atoms with Gasteiger partial charge in [-0.25, -0.2) is 4.79 Å². The molecule has 0 amide bonds. The van der Waals surface area contributed by atoms with Crippen LogP contribution in [0.25, 0.3) is 0 Å². The highest BCUT2D eigenvalue weighted by Gasteiger charge is 2.15. The van der Waals surface area contributed by atoms with E-state index < -0.39 is 5.97 Å². The number of nitrogens with zero attached hydrogens (tertiary/aromatic N) is 3. The third kappa shape index (κ3) is 3.26. The number of nitrogens with one attached hydrogen (secondary N) is 1. The predicted molar refractivity (Wildman–Crippen MR) is 61.6 cm³/mol. The van der Waals surface area contributed by atoms with Gasteiger partial charge in [0.05, 0.1) is 13.3 Å². The predicted octanol–water partition coefficient (Wildman–Crippen LogP) is 0.454. The Bertz CT molecular complexity index is 369. The van der Waals surface area contributed by atoms with Gasteiger partial charge in [-0.1, -0.05) is 11.6 Å². The van der Waals surface area contributed by atoms with E-state index in [9.17, 15) is 4.79 Å². The summed E-state index contributed by atoms with van der Waals surface area (Å²) < 4.78 is 6.32. The van der Waals surface area contributed by atoms with Crippen LogP contribution in [0.2, 0.25) is 0 Å². The van der Waals surface area contributed by atoms with Crippen molar-refractivity contribution in [3.8, 4) is 0 Å². The molecule has 1 aromatic heterocycles. The van der Waals surface area contributed by atoms with Crippen molar-refractivity contribution in [1.29, 1.82) is 0 Å². The average Bonchev–Trinajstić information content (AvgIpc) is 2.65. The third-order valence-electron chi connectivity index (χ3n) is 3.03. The van der Waals surface area contributed by atoms with Crippen molar-refractivity contribution in [3.05, 3.63) is 11.9 Å². The van der Waals surface area contributed by atoms with Crippen LogP contribution >= 0.6 is 0 Å². The molecule has 1 N–H and O–H groups in total. The number of hydrogen-bond acceptors (Lipinski definition) is 5. The highest BCUT2D eigenvalue weighted by molar-refractivity contribution is 5.86. The van der Waals surface area contributed by atoms with Crippen LogP contribution in [0.3, 0.4) is 0 Å². The van der Waals surface area contributed by atoms with E-state index in [1.165, 1.54) is 26.4 Å². The number of methoxy groups -OCH3 is 1. The molecule has 0 saturated carbocycles. The van der Waals surface area contributed by atoms with E-state index in [1.807, 2.05) is 0 Å². The first-order valence-electron chi connectivity index (χ1n) is 5.99. The first kappa shape index (κ1) is 12.0. The summed E-state index contributed by atoms with van der Waals surface area (Å²) in [5.41, 5.74) is 0.272. The first-order chi connectivity index (χ1) is 8.29. The smallest absolute Gasteiger partial charge is 0.360 e. The van der Waals surface area contributed by atoms with Crippen LogP contribution in [0, 0.1) is 5.92 Å². The largest absolute Gasteiger partial charge is 0.464 e. The van der Waals surface area contributed by atoms with Crippen LogP contribution in [0.5, 0.6) is 0 Å². The maximum Gasteiger partial charge on any atom is 0.360 e. The second-order valence-corrected chi connectivity index (χ2v) is 4.38. The SMILES string of the molecule is COC(=O)c1cn(CC2CCCCNC2)nn1. The summed E-state index contributed by atoms with van der Waals surface area (Å²) in [6.07, 6.45) is 5.33. The maximum absolute atomic E-state index is 11.2. The zero-order valence-corrected chi connectivity index (χ0v) is 10.1. The van der Waals surface area contributed by atoms with E-state index in [1.54, 1.807) is 10.9 Å². The molecule has 2 heterocycles. The first-order valence-corrected chi connectivity index (χ1v) is 5.99. The summed E-state index contributed by atoms with van der Waals surface area (Å²) in [6, 6.07) is 0. The quantitative estimate of drug-likeness (QED) is 0.774. The number of hydrogen-bond donors (Lipinski definition) is 1. The minimum Gasteiger partial charge on any atom is -0.464 e. The van der Waals surface area contributed by atoms with E-state index >= 15 is 0 Å². The number of ether oxygens (including phenoxy) is 1. The van der Waals surface area contributed by atoms with Gasteiger partial charge < -0.3 is 10.1 Å². The van der Waals surface area contributed by atoms with Gasteiger partial charge in [0.2, 0.25) is 0 Å². The molecule has 1 aliphatic rings. The molecular weight excluding hydrogens is 220 g/mol. The Morgan fingerprint density at radius 2 is 2.53 bits per heavy atom. The Labute approximate surface area is 100 Å². The zero-order valence-electron chi connectivity index (χ0n) is 10.1. The standard InChI is InChI=1S/C11H18N4O2/c1-17-11(16)10-8-15(14-13-10)7-9-4-2-3-5-12-6-9/h8-9,12H,2-7H2,1H3. The summed E-state index contributed by atoms with van der Waals surface area (Å²) in [5.74, 6) is 0.125. The molecule has 1 saturated heterocycles. The van der Waals surface area contributed by atoms with Crippen molar-refractivity contribution in [2.45, 2.75) is 25.8 Å². The van der Waals surface area contributed by atoms with Crippen LogP contribution in [-0.2, 0) is 11.3 Å². The van der Waals surface area contributed by atoms with Crippen molar-refractivity contribution in [3.63, 3.8) is 0 Å². The summed E-state index contributed by atoms with van der Waals surface area (Å²) >= 11 is 0. The van der Waals surface area contributed by atoms with Crippen LogP contribution in [0.15, 0.2) is 6.20 Å². The van der Waals surface area contributed by atoms with E-state index in [0.29, 0.717) is 5.92 Å². The van der Waals surface area contributed by atoms with Crippen molar-refractivity contribution >= 4 is 5.97 Å². The number of esters is 1. The van der Waals surface area contributed by atoms with Crippen LogP contribution in [0.1, 0.15) is 29.8 Å². The number of carbonyl (C=O) groups is 1. The topological polar surface area (TPSA) is 69.0 Å². The van der Waals surface area contributed by atoms with Gasteiger partial charge in [-0.2, -0.15) is 0 Å². The monoisotopic (exact) mass is 238 g/mol. The highest BCUT2D eigenvalue weighted by atomic mass is 16.5. The molecule has 0 aromatic carbocycles. The molecule has 2 rings (SSSR count). The Kier molecular flexibility index (Phi) is 4.08. The molecular formula is C11H18N4O2. The lowest BCUT2D eigenvalue weighted by molar-refractivity contribution is 0.0594. The normalized spacial score (nSPS) is 20.9. The van der Waals surface area contributed by atoms with E-state index in [2.05, 4.69) is 20.4 Å². The minimum absolute atomic E-state index is 0.272. The van der Waals surface area contributed by atoms with E-state index in [0.717, 1.165) is 19.6 Å². The van der Waals surface area contributed by atoms with Crippen LogP contribution < -0.4 is 5.32 Å². The Morgan fingerprint density at radius 3 is 3.35 bits per heavy atom.